The Bertz CT molecular complexity index is 1290. The second-order valence-electron chi connectivity index (χ2n) is 7.73. The van der Waals surface area contributed by atoms with Crippen LogP contribution in [0.5, 0.6) is 0 Å². The molecule has 162 valence electrons. The monoisotopic (exact) mass is 425 g/mol. The predicted octanol–water partition coefficient (Wildman–Crippen LogP) is 2.03. The summed E-state index contributed by atoms with van der Waals surface area (Å²) < 4.78 is 24.5. The van der Waals surface area contributed by atoms with Crippen LogP contribution in [0.25, 0.3) is 28.1 Å². The maximum atomic E-state index is 13.8. The second-order valence-corrected chi connectivity index (χ2v) is 7.73. The number of nitrogens with one attached hydrogen (secondary N) is 1. The molecule has 31 heavy (non-hydrogen) atoms. The van der Waals surface area contributed by atoms with Crippen molar-refractivity contribution in [2.24, 2.45) is 0 Å². The number of benzene rings is 1. The highest BCUT2D eigenvalue weighted by Gasteiger charge is 2.24. The molecule has 1 N–H and O–H groups in total. The molecule has 1 aliphatic heterocycles. The van der Waals surface area contributed by atoms with Crippen LogP contribution in [-0.4, -0.2) is 55.5 Å². The summed E-state index contributed by atoms with van der Waals surface area (Å²) in [7, 11) is 1.89. The fourth-order valence-corrected chi connectivity index (χ4v) is 4.21. The highest BCUT2D eigenvalue weighted by Crippen LogP contribution is 2.25. The molecule has 0 saturated carbocycles. The van der Waals surface area contributed by atoms with Gasteiger partial charge in [0.1, 0.15) is 17.7 Å². The third kappa shape index (κ3) is 3.51. The van der Waals surface area contributed by atoms with E-state index >= 15 is 0 Å². The van der Waals surface area contributed by atoms with Crippen molar-refractivity contribution in [3.8, 4) is 5.95 Å². The predicted molar refractivity (Wildman–Crippen MR) is 114 cm³/mol. The molecule has 1 fully saturated rings. The van der Waals surface area contributed by atoms with E-state index in [-0.39, 0.29) is 17.5 Å². The van der Waals surface area contributed by atoms with Gasteiger partial charge in [0.25, 0.3) is 0 Å². The van der Waals surface area contributed by atoms with E-state index in [0.717, 1.165) is 25.8 Å². The third-order valence-corrected chi connectivity index (χ3v) is 5.78. The summed E-state index contributed by atoms with van der Waals surface area (Å²) >= 11 is 0. The molecule has 4 heterocycles. The largest absolute Gasteiger partial charge is 0.381 e. The van der Waals surface area contributed by atoms with Gasteiger partial charge in [0, 0.05) is 31.9 Å². The van der Waals surface area contributed by atoms with Crippen LogP contribution < -0.4 is 11.0 Å². The Hall–Kier alpha value is -3.11. The summed E-state index contributed by atoms with van der Waals surface area (Å²) in [6, 6.07) is 4.42. The van der Waals surface area contributed by atoms with Crippen molar-refractivity contribution in [3.63, 3.8) is 0 Å². The molecule has 0 amide bonds. The van der Waals surface area contributed by atoms with E-state index in [1.165, 1.54) is 12.1 Å². The van der Waals surface area contributed by atoms with Crippen LogP contribution >= 0.6 is 0 Å². The summed E-state index contributed by atoms with van der Waals surface area (Å²) in [5.74, 6) is -0.00101. The lowest BCUT2D eigenvalue weighted by atomic mass is 10.1. The van der Waals surface area contributed by atoms with Crippen LogP contribution in [0.15, 0.2) is 35.5 Å². The lowest BCUT2D eigenvalue weighted by Crippen LogP contribution is -2.31. The fourth-order valence-electron chi connectivity index (χ4n) is 4.21. The van der Waals surface area contributed by atoms with Gasteiger partial charge >= 0.3 is 5.69 Å². The number of hydrogen-bond donors (Lipinski definition) is 1. The van der Waals surface area contributed by atoms with Gasteiger partial charge in [-0.05, 0) is 45.0 Å². The summed E-state index contributed by atoms with van der Waals surface area (Å²) in [5.41, 5.74) is 2.44. The Kier molecular flexibility index (Phi) is 5.24. The van der Waals surface area contributed by atoms with Crippen molar-refractivity contribution in [3.05, 3.63) is 47.0 Å². The molecule has 9 nitrogen and oxygen atoms in total. The quantitative estimate of drug-likeness (QED) is 0.476. The summed E-state index contributed by atoms with van der Waals surface area (Å²) in [4.78, 5) is 26.9. The van der Waals surface area contributed by atoms with Gasteiger partial charge in [-0.2, -0.15) is 4.98 Å². The van der Waals surface area contributed by atoms with Gasteiger partial charge in [-0.3, -0.25) is 13.7 Å². The summed E-state index contributed by atoms with van der Waals surface area (Å²) in [6.45, 7) is 2.62. The Morgan fingerprint density at radius 3 is 2.87 bits per heavy atom. The number of nitrogens with zero attached hydrogens (tertiary/aromatic N) is 6. The molecule has 0 unspecified atom stereocenters. The number of imidazole rings is 2. The molecular weight excluding hydrogens is 401 g/mol. The topological polar surface area (TPSA) is 91.8 Å². The normalized spacial score (nSPS) is 15.3. The Morgan fingerprint density at radius 2 is 2.06 bits per heavy atom. The first kappa shape index (κ1) is 19.8. The number of halogens is 1. The lowest BCUT2D eigenvalue weighted by molar-refractivity contribution is 0.0694. The Balaban J connectivity index is 1.67. The van der Waals surface area contributed by atoms with Crippen LogP contribution in [0.3, 0.4) is 0 Å². The van der Waals surface area contributed by atoms with Crippen molar-refractivity contribution in [1.82, 2.24) is 34.0 Å². The highest BCUT2D eigenvalue weighted by atomic mass is 19.1. The molecule has 0 atom stereocenters. The van der Waals surface area contributed by atoms with Gasteiger partial charge in [0.15, 0.2) is 5.65 Å². The molecule has 1 aromatic carbocycles. The molecule has 1 aliphatic rings. The van der Waals surface area contributed by atoms with Gasteiger partial charge in [0.05, 0.1) is 17.2 Å². The number of rotatable bonds is 6. The first-order valence-corrected chi connectivity index (χ1v) is 10.5. The Morgan fingerprint density at radius 1 is 1.23 bits per heavy atom. The molecule has 0 spiro atoms. The van der Waals surface area contributed by atoms with Gasteiger partial charge in [-0.1, -0.05) is 0 Å². The molecule has 4 aromatic rings. The van der Waals surface area contributed by atoms with Crippen LogP contribution in [-0.2, 0) is 11.3 Å². The number of ether oxygens (including phenoxy) is 1. The van der Waals surface area contributed by atoms with E-state index in [4.69, 9.17) is 9.72 Å². The first-order chi connectivity index (χ1) is 15.2. The van der Waals surface area contributed by atoms with E-state index in [0.29, 0.717) is 47.9 Å². The zero-order chi connectivity index (χ0) is 21.4. The average molecular weight is 425 g/mol. The number of aryl methyl sites for hydroxylation is 1. The van der Waals surface area contributed by atoms with Crippen molar-refractivity contribution in [2.45, 2.75) is 31.8 Å². The molecule has 5 rings (SSSR count). The van der Waals surface area contributed by atoms with Gasteiger partial charge < -0.3 is 10.1 Å². The third-order valence-electron chi connectivity index (χ3n) is 5.78. The average Bonchev–Trinajstić information content (AvgIpc) is 3.32. The first-order valence-electron chi connectivity index (χ1n) is 10.5. The molecule has 0 aliphatic carbocycles. The zero-order valence-corrected chi connectivity index (χ0v) is 17.3. The van der Waals surface area contributed by atoms with Crippen molar-refractivity contribution in [1.29, 1.82) is 0 Å². The van der Waals surface area contributed by atoms with E-state index in [1.807, 2.05) is 7.05 Å². The van der Waals surface area contributed by atoms with Crippen LogP contribution in [0.4, 0.5) is 4.39 Å². The summed E-state index contributed by atoms with van der Waals surface area (Å²) in [5, 5.41) is 3.11. The van der Waals surface area contributed by atoms with Gasteiger partial charge in [-0.25, -0.2) is 19.2 Å². The van der Waals surface area contributed by atoms with Crippen molar-refractivity contribution in [2.75, 3.05) is 26.8 Å². The molecular formula is C21H24FN7O2. The number of fused-ring (bicyclic) bond motifs is 2. The fraction of sp³-hybridized carbons (Fsp3) is 0.429. The maximum absolute atomic E-state index is 13.8. The van der Waals surface area contributed by atoms with Gasteiger partial charge in [-0.15, -0.1) is 0 Å². The zero-order valence-electron chi connectivity index (χ0n) is 17.3. The number of hydrogen-bond acceptors (Lipinski definition) is 6. The van der Waals surface area contributed by atoms with Crippen molar-refractivity contribution < 1.29 is 9.13 Å². The lowest BCUT2D eigenvalue weighted by Gasteiger charge is -2.22. The summed E-state index contributed by atoms with van der Waals surface area (Å²) in [6.07, 6.45) is 5.59. The minimum Gasteiger partial charge on any atom is -0.381 e. The van der Waals surface area contributed by atoms with Crippen LogP contribution in [0, 0.1) is 5.82 Å². The maximum Gasteiger partial charge on any atom is 0.330 e. The SMILES string of the molecule is CNCCCn1c(=O)n(C2CCOCC2)c2nc(-n3cnc4ccc(F)cc43)ncc21. The van der Waals surface area contributed by atoms with E-state index in [2.05, 4.69) is 15.3 Å². The minimum atomic E-state index is -0.356. The second kappa shape index (κ2) is 8.20. The van der Waals surface area contributed by atoms with Crippen LogP contribution in [0.1, 0.15) is 25.3 Å². The van der Waals surface area contributed by atoms with Gasteiger partial charge in [0.2, 0.25) is 5.95 Å². The molecule has 1 saturated heterocycles. The highest BCUT2D eigenvalue weighted by molar-refractivity contribution is 5.77. The van der Waals surface area contributed by atoms with E-state index in [9.17, 15) is 9.18 Å². The molecule has 0 bridgehead atoms. The number of aromatic nitrogens is 6. The smallest absolute Gasteiger partial charge is 0.330 e. The standard InChI is InChI=1S/C21H24FN7O2/c1-23-7-2-8-27-18-12-24-20(28-13-25-16-4-3-14(22)11-17(16)28)26-19(18)29(21(27)30)15-5-9-31-10-6-15/h3-4,11-13,15,23H,2,5-10H2,1H3. The molecule has 0 radical (unpaired) electrons. The molecule has 10 heteroatoms. The van der Waals surface area contributed by atoms with Crippen molar-refractivity contribution >= 4 is 22.2 Å². The Labute approximate surface area is 177 Å². The van der Waals surface area contributed by atoms with E-state index < -0.39 is 0 Å². The van der Waals surface area contributed by atoms with Crippen LogP contribution in [0.2, 0.25) is 0 Å². The minimum absolute atomic E-state index is 0.0222. The van der Waals surface area contributed by atoms with E-state index in [1.54, 1.807) is 32.3 Å². The molecule has 3 aromatic heterocycles.